The van der Waals surface area contributed by atoms with Gasteiger partial charge in [-0.25, -0.2) is 15.0 Å². The first-order valence-corrected chi connectivity index (χ1v) is 7.67. The van der Waals surface area contributed by atoms with Gasteiger partial charge in [-0.05, 0) is 10.6 Å². The number of aliphatic hydroxyl groups is 5. The molecule has 0 aliphatic carbocycles. The van der Waals surface area contributed by atoms with E-state index in [1.54, 1.807) is 0 Å². The van der Waals surface area contributed by atoms with Gasteiger partial charge in [-0.15, -0.1) is 0 Å². The Labute approximate surface area is 145 Å². The Hall–Kier alpha value is -2.38. The molecule has 6 atom stereocenters. The van der Waals surface area contributed by atoms with Crippen LogP contribution in [-0.2, 0) is 4.74 Å². The second-order valence-corrected chi connectivity index (χ2v) is 5.78. The van der Waals surface area contributed by atoms with Crippen LogP contribution in [0.5, 0.6) is 0 Å². The van der Waals surface area contributed by atoms with E-state index >= 15 is 0 Å². The van der Waals surface area contributed by atoms with Gasteiger partial charge >= 0.3 is 0 Å². The molecule has 140 valence electrons. The predicted octanol–water partition coefficient (Wildman–Crippen LogP) is -1.65. The van der Waals surface area contributed by atoms with Crippen molar-refractivity contribution in [3.8, 4) is 0 Å². The predicted molar refractivity (Wildman–Crippen MR) is 83.7 cm³/mol. The fourth-order valence-electron chi connectivity index (χ4n) is 2.97. The van der Waals surface area contributed by atoms with Crippen molar-refractivity contribution in [1.82, 2.24) is 19.5 Å². The van der Waals surface area contributed by atoms with E-state index in [1.807, 2.05) is 0 Å². The zero-order valence-corrected chi connectivity index (χ0v) is 13.3. The van der Waals surface area contributed by atoms with E-state index in [4.69, 9.17) is 10.3 Å². The summed E-state index contributed by atoms with van der Waals surface area (Å²) in [5.74, 6) is -1.09. The van der Waals surface area contributed by atoms with E-state index in [-0.39, 0.29) is 17.0 Å². The van der Waals surface area contributed by atoms with Crippen molar-refractivity contribution in [2.24, 2.45) is 11.0 Å². The van der Waals surface area contributed by atoms with Crippen LogP contribution in [0, 0.1) is 5.92 Å². The monoisotopic (exact) mass is 367 g/mol. The van der Waals surface area contributed by atoms with Crippen LogP contribution in [0.15, 0.2) is 17.8 Å². The Morgan fingerprint density at radius 3 is 2.54 bits per heavy atom. The number of nitrogens with zero attached hydrogens (tertiary/aromatic N) is 7. The third kappa shape index (κ3) is 2.97. The maximum atomic E-state index is 10.3. The topological polar surface area (TPSA) is 203 Å². The van der Waals surface area contributed by atoms with Gasteiger partial charge in [0.1, 0.15) is 36.4 Å². The summed E-state index contributed by atoms with van der Waals surface area (Å²) >= 11 is 0. The SMILES string of the molecule is [N-]=[N+]=Nc1ncnc2c1ncn2[C@@H]1O[C@H](CO)[C@@H](O)[C@H](O)[C@@H](O)[C@H]1CO. The highest BCUT2D eigenvalue weighted by atomic mass is 16.5. The van der Waals surface area contributed by atoms with E-state index in [0.717, 1.165) is 6.33 Å². The quantitative estimate of drug-likeness (QED) is 0.238. The van der Waals surface area contributed by atoms with Gasteiger partial charge in [0.05, 0.1) is 31.6 Å². The highest BCUT2D eigenvalue weighted by Gasteiger charge is 2.45. The summed E-state index contributed by atoms with van der Waals surface area (Å²) in [6.07, 6.45) is -4.70. The Morgan fingerprint density at radius 1 is 1.12 bits per heavy atom. The van der Waals surface area contributed by atoms with Crippen LogP contribution >= 0.6 is 0 Å². The third-order valence-corrected chi connectivity index (χ3v) is 4.34. The molecule has 26 heavy (non-hydrogen) atoms. The van der Waals surface area contributed by atoms with Crippen LogP contribution < -0.4 is 0 Å². The van der Waals surface area contributed by atoms with Crippen molar-refractivity contribution in [2.75, 3.05) is 13.2 Å². The van der Waals surface area contributed by atoms with Crippen LogP contribution in [-0.4, -0.2) is 82.7 Å². The lowest BCUT2D eigenvalue weighted by atomic mass is 9.94. The molecule has 3 heterocycles. The van der Waals surface area contributed by atoms with Gasteiger partial charge in [-0.1, -0.05) is 0 Å². The summed E-state index contributed by atoms with van der Waals surface area (Å²) in [4.78, 5) is 14.6. The number of aromatic nitrogens is 4. The number of azide groups is 1. The van der Waals surface area contributed by atoms with E-state index in [2.05, 4.69) is 25.0 Å². The maximum Gasteiger partial charge on any atom is 0.165 e. The zero-order chi connectivity index (χ0) is 18.8. The van der Waals surface area contributed by atoms with Crippen molar-refractivity contribution in [1.29, 1.82) is 0 Å². The third-order valence-electron chi connectivity index (χ3n) is 4.34. The first-order valence-electron chi connectivity index (χ1n) is 7.67. The van der Waals surface area contributed by atoms with Crippen LogP contribution in [0.25, 0.3) is 21.6 Å². The normalized spacial score (nSPS) is 32.2. The molecule has 2 aromatic heterocycles. The zero-order valence-electron chi connectivity index (χ0n) is 13.3. The van der Waals surface area contributed by atoms with Crippen LogP contribution in [0.1, 0.15) is 6.23 Å². The van der Waals surface area contributed by atoms with Crippen molar-refractivity contribution in [2.45, 2.75) is 30.6 Å². The Balaban J connectivity index is 2.12. The molecule has 13 heteroatoms. The van der Waals surface area contributed by atoms with Gasteiger partial charge < -0.3 is 30.3 Å². The van der Waals surface area contributed by atoms with Gasteiger partial charge in [0.2, 0.25) is 0 Å². The molecule has 0 radical (unpaired) electrons. The summed E-state index contributed by atoms with van der Waals surface area (Å²) in [5, 5.41) is 53.0. The average molecular weight is 367 g/mol. The van der Waals surface area contributed by atoms with Crippen molar-refractivity contribution in [3.05, 3.63) is 23.1 Å². The molecule has 5 N–H and O–H groups in total. The molecule has 1 aliphatic rings. The summed E-state index contributed by atoms with van der Waals surface area (Å²) in [5.41, 5.74) is 8.94. The van der Waals surface area contributed by atoms with Gasteiger partial charge in [0, 0.05) is 4.91 Å². The number of fused-ring (bicyclic) bond motifs is 1. The molecule has 0 saturated carbocycles. The minimum atomic E-state index is -1.64. The lowest BCUT2D eigenvalue weighted by Crippen LogP contribution is -2.46. The molecule has 1 saturated heterocycles. The van der Waals surface area contributed by atoms with Crippen molar-refractivity contribution < 1.29 is 30.3 Å². The van der Waals surface area contributed by atoms with E-state index < -0.39 is 49.8 Å². The van der Waals surface area contributed by atoms with Crippen LogP contribution in [0.4, 0.5) is 5.82 Å². The first-order chi connectivity index (χ1) is 12.5. The first kappa shape index (κ1) is 18.4. The molecule has 0 spiro atoms. The largest absolute Gasteiger partial charge is 0.396 e. The Kier molecular flexibility index (Phi) is 5.29. The average Bonchev–Trinajstić information content (AvgIpc) is 3.05. The molecule has 1 fully saturated rings. The molecule has 3 rings (SSSR count). The second kappa shape index (κ2) is 7.47. The molecular weight excluding hydrogens is 350 g/mol. The van der Waals surface area contributed by atoms with E-state index in [1.165, 1.54) is 10.9 Å². The molecular formula is C13H17N7O6. The number of ether oxygens (including phenoxy) is 1. The maximum absolute atomic E-state index is 10.3. The summed E-state index contributed by atoms with van der Waals surface area (Å²) in [6.45, 7) is -1.23. The fraction of sp³-hybridized carbons (Fsp3) is 0.615. The van der Waals surface area contributed by atoms with Gasteiger partial charge in [0.25, 0.3) is 0 Å². The molecule has 0 amide bonds. The Morgan fingerprint density at radius 2 is 1.88 bits per heavy atom. The molecule has 0 bridgehead atoms. The smallest absolute Gasteiger partial charge is 0.165 e. The highest BCUT2D eigenvalue weighted by molar-refractivity contribution is 5.80. The van der Waals surface area contributed by atoms with Crippen LogP contribution in [0.3, 0.4) is 0 Å². The molecule has 0 aromatic carbocycles. The molecule has 0 unspecified atom stereocenters. The Bertz CT molecular complexity index is 824. The highest BCUT2D eigenvalue weighted by Crippen LogP contribution is 2.34. The number of rotatable bonds is 4. The minimum Gasteiger partial charge on any atom is -0.396 e. The van der Waals surface area contributed by atoms with Crippen molar-refractivity contribution in [3.63, 3.8) is 0 Å². The minimum absolute atomic E-state index is 0.0234. The summed E-state index contributed by atoms with van der Waals surface area (Å²) in [6, 6.07) is 0. The standard InChI is InChI=1S/C13H17N7O6/c14-19-18-11-7-12(16-3-15-11)20(4-17-7)13-5(1-21)8(23)10(25)9(24)6(2-22)26-13/h3-6,8-10,13,21-25H,1-2H2/t5-,6-,8+,9-,10-,13-/m1/s1. The number of hydrogen-bond acceptors (Lipinski definition) is 10. The summed E-state index contributed by atoms with van der Waals surface area (Å²) < 4.78 is 6.99. The van der Waals surface area contributed by atoms with E-state index in [9.17, 15) is 25.5 Å². The van der Waals surface area contributed by atoms with Gasteiger partial charge in [-0.2, -0.15) is 0 Å². The molecule has 13 nitrogen and oxygen atoms in total. The van der Waals surface area contributed by atoms with E-state index in [0.29, 0.717) is 0 Å². The summed E-state index contributed by atoms with van der Waals surface area (Å²) in [7, 11) is 0. The number of imidazole rings is 1. The van der Waals surface area contributed by atoms with Gasteiger partial charge in [-0.3, -0.25) is 4.57 Å². The molecule has 1 aliphatic heterocycles. The van der Waals surface area contributed by atoms with Gasteiger partial charge in [0.15, 0.2) is 11.5 Å². The lowest BCUT2D eigenvalue weighted by molar-refractivity contribution is -0.139. The fourth-order valence-corrected chi connectivity index (χ4v) is 2.97. The molecule has 2 aromatic rings. The number of aliphatic hydroxyl groups excluding tert-OH is 5. The van der Waals surface area contributed by atoms with Crippen molar-refractivity contribution >= 4 is 17.0 Å². The van der Waals surface area contributed by atoms with Crippen LogP contribution in [0.2, 0.25) is 0 Å². The lowest BCUT2D eigenvalue weighted by Gasteiger charge is -2.29. The second-order valence-electron chi connectivity index (χ2n) is 5.78. The number of hydrogen-bond donors (Lipinski definition) is 5.